The van der Waals surface area contributed by atoms with Gasteiger partial charge in [-0.3, -0.25) is 9.88 Å². The maximum absolute atomic E-state index is 5.83. The highest BCUT2D eigenvalue weighted by Crippen LogP contribution is 2.26. The normalized spacial score (nSPS) is 19.5. The number of fused-ring (bicyclic) bond motifs is 1. The van der Waals surface area contributed by atoms with Crippen LogP contribution in [0.15, 0.2) is 36.8 Å². The highest BCUT2D eigenvalue weighted by atomic mass is 16.5. The molecule has 0 aliphatic carbocycles. The molecule has 2 saturated heterocycles. The first kappa shape index (κ1) is 21.9. The molecule has 174 valence electrons. The van der Waals surface area contributed by atoms with Crippen LogP contribution < -0.4 is 15.4 Å². The quantitative estimate of drug-likeness (QED) is 0.519. The van der Waals surface area contributed by atoms with Crippen LogP contribution >= 0.6 is 0 Å². The van der Waals surface area contributed by atoms with Crippen LogP contribution in [0.25, 0.3) is 22.3 Å². The summed E-state index contributed by atoms with van der Waals surface area (Å²) in [4.78, 5) is 20.6. The maximum atomic E-state index is 5.83. The Morgan fingerprint density at radius 1 is 1.12 bits per heavy atom. The second kappa shape index (κ2) is 10.8. The zero-order valence-electron chi connectivity index (χ0n) is 18.6. The van der Waals surface area contributed by atoms with Gasteiger partial charge in [0, 0.05) is 69.5 Å². The Morgan fingerprint density at radius 2 is 2.03 bits per heavy atom. The zero-order chi connectivity index (χ0) is 22.3. The van der Waals surface area contributed by atoms with Crippen LogP contribution in [-0.2, 0) is 9.47 Å². The molecule has 5 rings (SSSR count). The molecule has 0 saturated carbocycles. The summed E-state index contributed by atoms with van der Waals surface area (Å²) in [7, 11) is 0. The van der Waals surface area contributed by atoms with Crippen molar-refractivity contribution >= 4 is 16.9 Å². The van der Waals surface area contributed by atoms with Crippen molar-refractivity contribution in [2.75, 3.05) is 71.0 Å². The van der Waals surface area contributed by atoms with E-state index in [0.717, 1.165) is 68.2 Å². The lowest BCUT2D eigenvalue weighted by molar-refractivity contribution is 0.0320. The Kier molecular flexibility index (Phi) is 7.17. The molecular formula is C23H29N7O3. The van der Waals surface area contributed by atoms with Gasteiger partial charge in [-0.25, -0.2) is 15.0 Å². The number of nitrogens with one attached hydrogen (secondary N) is 2. The lowest BCUT2D eigenvalue weighted by Gasteiger charge is -2.26. The first-order chi connectivity index (χ1) is 16.3. The molecule has 5 heterocycles. The van der Waals surface area contributed by atoms with Gasteiger partial charge in [0.1, 0.15) is 12.1 Å². The monoisotopic (exact) mass is 451 g/mol. The smallest absolute Gasteiger partial charge is 0.213 e. The van der Waals surface area contributed by atoms with Gasteiger partial charge >= 0.3 is 0 Å². The first-order valence-corrected chi connectivity index (χ1v) is 11.4. The Balaban J connectivity index is 1.27. The van der Waals surface area contributed by atoms with E-state index < -0.39 is 0 Å². The van der Waals surface area contributed by atoms with Gasteiger partial charge in [-0.05, 0) is 12.1 Å². The number of aromatic nitrogens is 4. The van der Waals surface area contributed by atoms with E-state index in [1.807, 2.05) is 18.2 Å². The molecule has 2 aliphatic rings. The molecule has 2 N–H and O–H groups in total. The van der Waals surface area contributed by atoms with E-state index >= 15 is 0 Å². The lowest BCUT2D eigenvalue weighted by Crippen LogP contribution is -2.42. The van der Waals surface area contributed by atoms with Crippen LogP contribution in [0.5, 0.6) is 5.88 Å². The molecule has 0 bridgehead atoms. The van der Waals surface area contributed by atoms with Gasteiger partial charge in [-0.2, -0.15) is 0 Å². The Hall–Kier alpha value is -2.92. The fourth-order valence-electron chi connectivity index (χ4n) is 3.93. The molecule has 0 spiro atoms. The summed E-state index contributed by atoms with van der Waals surface area (Å²) in [5.74, 6) is 1.29. The molecule has 3 aromatic heterocycles. The Labute approximate surface area is 192 Å². The molecule has 1 unspecified atom stereocenters. The summed E-state index contributed by atoms with van der Waals surface area (Å²) in [6.07, 6.45) is 5.24. The predicted molar refractivity (Wildman–Crippen MR) is 124 cm³/mol. The van der Waals surface area contributed by atoms with Crippen molar-refractivity contribution in [1.29, 1.82) is 0 Å². The number of hydrogen-bond acceptors (Lipinski definition) is 10. The minimum Gasteiger partial charge on any atom is -0.476 e. The molecule has 0 aromatic carbocycles. The molecule has 2 aliphatic heterocycles. The minimum absolute atomic E-state index is 0.0893. The summed E-state index contributed by atoms with van der Waals surface area (Å²) >= 11 is 0. The fraction of sp³-hybridized carbons (Fsp3) is 0.478. The highest BCUT2D eigenvalue weighted by molar-refractivity contribution is 5.88. The van der Waals surface area contributed by atoms with Crippen molar-refractivity contribution in [3.63, 3.8) is 0 Å². The van der Waals surface area contributed by atoms with Gasteiger partial charge in [0.15, 0.2) is 5.82 Å². The number of ether oxygens (including phenoxy) is 3. The second-order valence-electron chi connectivity index (χ2n) is 8.05. The van der Waals surface area contributed by atoms with Crippen molar-refractivity contribution < 1.29 is 14.2 Å². The second-order valence-corrected chi connectivity index (χ2v) is 8.05. The summed E-state index contributed by atoms with van der Waals surface area (Å²) < 4.78 is 17.0. The average Bonchev–Trinajstić information content (AvgIpc) is 2.89. The van der Waals surface area contributed by atoms with Crippen LogP contribution in [0.3, 0.4) is 0 Å². The van der Waals surface area contributed by atoms with Crippen molar-refractivity contribution in [1.82, 2.24) is 30.2 Å². The summed E-state index contributed by atoms with van der Waals surface area (Å²) in [5.41, 5.74) is 3.18. The zero-order valence-corrected chi connectivity index (χ0v) is 18.6. The standard InChI is InChI=1S/C23H29N7O3/c1-2-21(33-12-8-30-6-10-31-11-7-30)27-14-17(1)19-13-20-22(26-4-3-25-20)23(29-19)28-16-18-15-24-5-9-32-18/h1-4,13-14,18,24H,5-12,15-16H2,(H,28,29). The van der Waals surface area contributed by atoms with E-state index in [9.17, 15) is 0 Å². The minimum atomic E-state index is 0.0893. The SMILES string of the molecule is c1cnc2c(NCC3CNCCO3)nc(-c3ccc(OCCN4CCOCC4)nc3)cc2n1. The Bertz CT molecular complexity index is 1040. The van der Waals surface area contributed by atoms with E-state index in [1.54, 1.807) is 18.6 Å². The van der Waals surface area contributed by atoms with Gasteiger partial charge in [-0.15, -0.1) is 0 Å². The van der Waals surface area contributed by atoms with Crippen LogP contribution in [0, 0.1) is 0 Å². The number of anilines is 1. The maximum Gasteiger partial charge on any atom is 0.213 e. The number of pyridine rings is 2. The molecule has 1 atom stereocenters. The molecule has 10 heteroatoms. The molecule has 10 nitrogen and oxygen atoms in total. The van der Waals surface area contributed by atoms with E-state index in [2.05, 4.69) is 30.5 Å². The predicted octanol–water partition coefficient (Wildman–Crippen LogP) is 1.20. The summed E-state index contributed by atoms with van der Waals surface area (Å²) in [5, 5.41) is 6.74. The van der Waals surface area contributed by atoms with Gasteiger partial charge < -0.3 is 24.8 Å². The molecule has 2 fully saturated rings. The highest BCUT2D eigenvalue weighted by Gasteiger charge is 2.16. The van der Waals surface area contributed by atoms with Gasteiger partial charge in [0.2, 0.25) is 5.88 Å². The van der Waals surface area contributed by atoms with Gasteiger partial charge in [-0.1, -0.05) is 0 Å². The lowest BCUT2D eigenvalue weighted by atomic mass is 10.1. The van der Waals surface area contributed by atoms with Crippen molar-refractivity contribution in [2.24, 2.45) is 0 Å². The van der Waals surface area contributed by atoms with Crippen LogP contribution in [-0.4, -0.2) is 96.6 Å². The van der Waals surface area contributed by atoms with Crippen LogP contribution in [0.4, 0.5) is 5.82 Å². The third-order valence-electron chi connectivity index (χ3n) is 5.75. The largest absolute Gasteiger partial charge is 0.476 e. The van der Waals surface area contributed by atoms with Crippen molar-refractivity contribution in [3.05, 3.63) is 36.8 Å². The van der Waals surface area contributed by atoms with Crippen molar-refractivity contribution in [2.45, 2.75) is 6.10 Å². The Morgan fingerprint density at radius 3 is 2.85 bits per heavy atom. The number of nitrogens with zero attached hydrogens (tertiary/aromatic N) is 5. The number of rotatable bonds is 8. The average molecular weight is 452 g/mol. The molecule has 0 radical (unpaired) electrons. The van der Waals surface area contributed by atoms with E-state index in [4.69, 9.17) is 19.2 Å². The number of hydrogen-bond donors (Lipinski definition) is 2. The van der Waals surface area contributed by atoms with Crippen LogP contribution in [0.2, 0.25) is 0 Å². The van der Waals surface area contributed by atoms with Crippen molar-refractivity contribution in [3.8, 4) is 17.1 Å². The van der Waals surface area contributed by atoms with Gasteiger partial charge in [0.25, 0.3) is 0 Å². The topological polar surface area (TPSA) is 107 Å². The first-order valence-electron chi connectivity index (χ1n) is 11.4. The van der Waals surface area contributed by atoms with E-state index in [-0.39, 0.29) is 6.10 Å². The molecule has 33 heavy (non-hydrogen) atoms. The molecule has 0 amide bonds. The molecule has 3 aromatic rings. The fourth-order valence-corrected chi connectivity index (χ4v) is 3.93. The third kappa shape index (κ3) is 5.72. The summed E-state index contributed by atoms with van der Waals surface area (Å²) in [6, 6.07) is 5.79. The van der Waals surface area contributed by atoms with Crippen LogP contribution in [0.1, 0.15) is 0 Å². The molecular weight excluding hydrogens is 422 g/mol. The van der Waals surface area contributed by atoms with E-state index in [1.165, 1.54) is 0 Å². The third-order valence-corrected chi connectivity index (χ3v) is 5.75. The number of morpholine rings is 2. The summed E-state index contributed by atoms with van der Waals surface area (Å²) in [6.45, 7) is 8.00. The van der Waals surface area contributed by atoms with E-state index in [0.29, 0.717) is 31.5 Å². The van der Waals surface area contributed by atoms with Gasteiger partial charge in [0.05, 0.1) is 37.1 Å².